The van der Waals surface area contributed by atoms with E-state index in [0.29, 0.717) is 6.61 Å². The molecular weight excluding hydrogens is 204 g/mol. The van der Waals surface area contributed by atoms with Gasteiger partial charge in [0.15, 0.2) is 0 Å². The maximum atomic E-state index is 5.22. The molecule has 1 heterocycles. The van der Waals surface area contributed by atoms with E-state index in [1.54, 1.807) is 7.11 Å². The molecule has 0 spiro atoms. The summed E-state index contributed by atoms with van der Waals surface area (Å²) in [5.74, 6) is 5.99. The van der Waals surface area contributed by atoms with Gasteiger partial charge in [0, 0.05) is 23.7 Å². The second-order valence-electron chi connectivity index (χ2n) is 3.62. The number of rotatable bonds is 4. The first-order valence-corrected chi connectivity index (χ1v) is 5.28. The van der Waals surface area contributed by atoms with E-state index in [0.717, 1.165) is 23.5 Å². The Morgan fingerprint density at radius 1 is 1.31 bits per heavy atom. The number of nitrogens with zero attached hydrogens (tertiary/aromatic N) is 1. The molecule has 0 aliphatic rings. The van der Waals surface area contributed by atoms with Crippen LogP contribution in [0, 0.1) is 0 Å². The summed E-state index contributed by atoms with van der Waals surface area (Å²) >= 11 is 0. The predicted octanol–water partition coefficient (Wildman–Crippen LogP) is 2.06. The third-order valence-electron chi connectivity index (χ3n) is 2.74. The fourth-order valence-electron chi connectivity index (χ4n) is 2.00. The van der Waals surface area contributed by atoms with E-state index in [9.17, 15) is 0 Å². The second kappa shape index (κ2) is 4.55. The SMILES string of the molecule is CCn1c(CON)cc2ccc(OC)cc21. The molecule has 86 valence electrons. The maximum absolute atomic E-state index is 5.22. The quantitative estimate of drug-likeness (QED) is 0.802. The average molecular weight is 220 g/mol. The van der Waals surface area contributed by atoms with E-state index in [-0.39, 0.29) is 0 Å². The van der Waals surface area contributed by atoms with Gasteiger partial charge in [-0.3, -0.25) is 4.84 Å². The molecule has 0 fully saturated rings. The molecule has 16 heavy (non-hydrogen) atoms. The van der Waals surface area contributed by atoms with E-state index in [4.69, 9.17) is 15.5 Å². The minimum absolute atomic E-state index is 0.421. The van der Waals surface area contributed by atoms with Crippen molar-refractivity contribution in [3.8, 4) is 5.75 Å². The van der Waals surface area contributed by atoms with Crippen molar-refractivity contribution < 1.29 is 9.57 Å². The lowest BCUT2D eigenvalue weighted by atomic mass is 10.2. The Morgan fingerprint density at radius 3 is 2.75 bits per heavy atom. The second-order valence-corrected chi connectivity index (χ2v) is 3.62. The predicted molar refractivity (Wildman–Crippen MR) is 63.1 cm³/mol. The number of ether oxygens (including phenoxy) is 1. The molecule has 0 saturated carbocycles. The zero-order valence-corrected chi connectivity index (χ0v) is 9.56. The number of benzene rings is 1. The van der Waals surface area contributed by atoms with Gasteiger partial charge in [0.25, 0.3) is 0 Å². The van der Waals surface area contributed by atoms with Crippen LogP contribution in [0.5, 0.6) is 5.75 Å². The van der Waals surface area contributed by atoms with Crippen LogP contribution in [0.1, 0.15) is 12.6 Å². The van der Waals surface area contributed by atoms with Gasteiger partial charge in [-0.1, -0.05) is 0 Å². The van der Waals surface area contributed by atoms with Gasteiger partial charge in [0.1, 0.15) is 12.4 Å². The summed E-state index contributed by atoms with van der Waals surface area (Å²) in [6, 6.07) is 8.11. The third kappa shape index (κ3) is 1.77. The summed E-state index contributed by atoms with van der Waals surface area (Å²) in [6.45, 7) is 3.40. The fourth-order valence-corrected chi connectivity index (χ4v) is 2.00. The first-order valence-electron chi connectivity index (χ1n) is 5.28. The van der Waals surface area contributed by atoms with E-state index in [1.807, 2.05) is 18.2 Å². The Labute approximate surface area is 94.5 Å². The van der Waals surface area contributed by atoms with Crippen molar-refractivity contribution in [2.24, 2.45) is 5.90 Å². The van der Waals surface area contributed by atoms with Gasteiger partial charge in [0.2, 0.25) is 0 Å². The summed E-state index contributed by atoms with van der Waals surface area (Å²) in [4.78, 5) is 4.70. The summed E-state index contributed by atoms with van der Waals surface area (Å²) in [5.41, 5.74) is 2.22. The Hall–Kier alpha value is -1.52. The van der Waals surface area contributed by atoms with Gasteiger partial charge < -0.3 is 9.30 Å². The van der Waals surface area contributed by atoms with Gasteiger partial charge in [-0.25, -0.2) is 5.90 Å². The number of aromatic nitrogens is 1. The number of aryl methyl sites for hydroxylation is 1. The lowest BCUT2D eigenvalue weighted by molar-refractivity contribution is 0.119. The fraction of sp³-hybridized carbons (Fsp3) is 0.333. The Morgan fingerprint density at radius 2 is 2.12 bits per heavy atom. The number of hydrogen-bond donors (Lipinski definition) is 1. The minimum atomic E-state index is 0.421. The van der Waals surface area contributed by atoms with Gasteiger partial charge in [-0.15, -0.1) is 0 Å². The zero-order chi connectivity index (χ0) is 11.5. The van der Waals surface area contributed by atoms with Crippen molar-refractivity contribution in [2.45, 2.75) is 20.1 Å². The van der Waals surface area contributed by atoms with Crippen molar-refractivity contribution in [1.82, 2.24) is 4.57 Å². The summed E-state index contributed by atoms with van der Waals surface area (Å²) in [5, 5.41) is 1.18. The molecule has 2 N–H and O–H groups in total. The molecule has 0 unspecified atom stereocenters. The standard InChI is InChI=1S/C12H16N2O2/c1-3-14-10(8-16-13)6-9-4-5-11(15-2)7-12(9)14/h4-7H,3,8,13H2,1-2H3. The number of hydrogen-bond acceptors (Lipinski definition) is 3. The van der Waals surface area contributed by atoms with E-state index >= 15 is 0 Å². The molecule has 0 aliphatic carbocycles. The Balaban J connectivity index is 2.58. The van der Waals surface area contributed by atoms with Crippen molar-refractivity contribution in [1.29, 1.82) is 0 Å². The normalized spacial score (nSPS) is 10.9. The van der Waals surface area contributed by atoms with Crippen LogP contribution in [-0.2, 0) is 18.0 Å². The molecule has 0 atom stereocenters. The highest BCUT2D eigenvalue weighted by molar-refractivity contribution is 5.82. The Kier molecular flexibility index (Phi) is 3.12. The molecule has 0 aliphatic heterocycles. The van der Waals surface area contributed by atoms with Gasteiger partial charge in [-0.2, -0.15) is 0 Å². The van der Waals surface area contributed by atoms with Gasteiger partial charge in [0.05, 0.1) is 12.6 Å². The van der Waals surface area contributed by atoms with Gasteiger partial charge >= 0.3 is 0 Å². The van der Waals surface area contributed by atoms with Crippen LogP contribution in [0.15, 0.2) is 24.3 Å². The van der Waals surface area contributed by atoms with Gasteiger partial charge in [-0.05, 0) is 25.1 Å². The molecule has 4 nitrogen and oxygen atoms in total. The summed E-state index contributed by atoms with van der Waals surface area (Å²) in [7, 11) is 1.67. The van der Waals surface area contributed by atoms with E-state index in [1.165, 1.54) is 5.39 Å². The smallest absolute Gasteiger partial charge is 0.120 e. The maximum Gasteiger partial charge on any atom is 0.120 e. The average Bonchev–Trinajstić information content (AvgIpc) is 2.65. The summed E-state index contributed by atoms with van der Waals surface area (Å²) < 4.78 is 7.39. The highest BCUT2D eigenvalue weighted by Crippen LogP contribution is 2.24. The Bertz CT molecular complexity index is 491. The van der Waals surface area contributed by atoms with Crippen LogP contribution < -0.4 is 10.6 Å². The van der Waals surface area contributed by atoms with Crippen LogP contribution >= 0.6 is 0 Å². The minimum Gasteiger partial charge on any atom is -0.497 e. The molecule has 0 saturated heterocycles. The molecule has 0 radical (unpaired) electrons. The van der Waals surface area contributed by atoms with Crippen LogP contribution in [-0.4, -0.2) is 11.7 Å². The molecule has 1 aromatic carbocycles. The molecular formula is C12H16N2O2. The largest absolute Gasteiger partial charge is 0.497 e. The molecule has 2 rings (SSSR count). The molecule has 4 heteroatoms. The number of fused-ring (bicyclic) bond motifs is 1. The molecule has 2 aromatic rings. The molecule has 1 aromatic heterocycles. The highest BCUT2D eigenvalue weighted by Gasteiger charge is 2.08. The van der Waals surface area contributed by atoms with Crippen LogP contribution in [0.3, 0.4) is 0 Å². The molecule has 0 amide bonds. The van der Waals surface area contributed by atoms with Crippen LogP contribution in [0.4, 0.5) is 0 Å². The number of nitrogens with two attached hydrogens (primary N) is 1. The van der Waals surface area contributed by atoms with Crippen LogP contribution in [0.25, 0.3) is 10.9 Å². The zero-order valence-electron chi connectivity index (χ0n) is 9.56. The first kappa shape index (κ1) is 11.0. The van der Waals surface area contributed by atoms with Crippen molar-refractivity contribution in [3.05, 3.63) is 30.0 Å². The van der Waals surface area contributed by atoms with Crippen molar-refractivity contribution >= 4 is 10.9 Å². The third-order valence-corrected chi connectivity index (χ3v) is 2.74. The van der Waals surface area contributed by atoms with Crippen LogP contribution in [0.2, 0.25) is 0 Å². The lowest BCUT2D eigenvalue weighted by Gasteiger charge is -2.07. The molecule has 0 bridgehead atoms. The van der Waals surface area contributed by atoms with Crippen molar-refractivity contribution in [2.75, 3.05) is 7.11 Å². The summed E-state index contributed by atoms with van der Waals surface area (Å²) in [6.07, 6.45) is 0. The van der Waals surface area contributed by atoms with E-state index in [2.05, 4.69) is 17.6 Å². The lowest BCUT2D eigenvalue weighted by Crippen LogP contribution is -2.05. The number of methoxy groups -OCH3 is 1. The van der Waals surface area contributed by atoms with Crippen molar-refractivity contribution in [3.63, 3.8) is 0 Å². The monoisotopic (exact) mass is 220 g/mol. The topological polar surface area (TPSA) is 49.4 Å². The first-order chi connectivity index (χ1) is 7.80. The van der Waals surface area contributed by atoms with E-state index < -0.39 is 0 Å². The highest BCUT2D eigenvalue weighted by atomic mass is 16.6.